The number of halogens is 1. The Balaban J connectivity index is 0.00000300. The quantitative estimate of drug-likeness (QED) is 0.318. The summed E-state index contributed by atoms with van der Waals surface area (Å²) in [6.45, 7) is 6.20. The lowest BCUT2D eigenvalue weighted by Gasteiger charge is -2.19. The minimum absolute atomic E-state index is 0. The molecule has 1 atom stereocenters. The molecule has 160 valence electrons. The van der Waals surface area contributed by atoms with Gasteiger partial charge >= 0.3 is 0 Å². The third-order valence-electron chi connectivity index (χ3n) is 4.67. The fourth-order valence-corrected chi connectivity index (χ4v) is 3.30. The molecule has 0 saturated carbocycles. The fraction of sp³-hybridized carbons (Fsp3) is 0.500. The first-order chi connectivity index (χ1) is 13.7. The molecule has 1 aliphatic heterocycles. The molecule has 1 saturated heterocycles. The number of guanidine groups is 1. The van der Waals surface area contributed by atoms with Crippen LogP contribution in [0.1, 0.15) is 24.6 Å². The molecular formula is C20H30IN5O3. The Morgan fingerprint density at radius 2 is 2.03 bits per heavy atom. The molecule has 29 heavy (non-hydrogen) atoms. The van der Waals surface area contributed by atoms with Gasteiger partial charge in [-0.2, -0.15) is 0 Å². The molecule has 1 fully saturated rings. The predicted octanol–water partition coefficient (Wildman–Crippen LogP) is 2.64. The molecule has 0 amide bonds. The van der Waals surface area contributed by atoms with Crippen LogP contribution in [0, 0.1) is 0 Å². The topological polar surface area (TPSA) is 84.2 Å². The lowest BCUT2D eigenvalue weighted by atomic mass is 10.2. The Morgan fingerprint density at radius 3 is 2.66 bits per heavy atom. The Kier molecular flexibility index (Phi) is 9.52. The minimum atomic E-state index is 0. The normalized spacial score (nSPS) is 16.9. The lowest BCUT2D eigenvalue weighted by molar-refractivity contribution is 0.321. The van der Waals surface area contributed by atoms with Crippen LogP contribution in [0.3, 0.4) is 0 Å². The SMILES string of the molecule is CCNC(=NCc1ccon1)NC1CCN(Cc2cc(OC)cc(OC)c2)C1.I. The Labute approximate surface area is 189 Å². The van der Waals surface area contributed by atoms with Gasteiger partial charge in [-0.3, -0.25) is 4.90 Å². The van der Waals surface area contributed by atoms with E-state index >= 15 is 0 Å². The van der Waals surface area contributed by atoms with E-state index in [1.54, 1.807) is 20.5 Å². The van der Waals surface area contributed by atoms with Crippen molar-refractivity contribution in [2.75, 3.05) is 33.9 Å². The molecule has 2 N–H and O–H groups in total. The summed E-state index contributed by atoms with van der Waals surface area (Å²) in [6.07, 6.45) is 2.63. The van der Waals surface area contributed by atoms with Crippen molar-refractivity contribution >= 4 is 29.9 Å². The van der Waals surface area contributed by atoms with Crippen LogP contribution >= 0.6 is 24.0 Å². The number of hydrogen-bond acceptors (Lipinski definition) is 6. The molecule has 2 aromatic rings. The molecule has 1 aliphatic rings. The third-order valence-corrected chi connectivity index (χ3v) is 4.67. The second-order valence-electron chi connectivity index (χ2n) is 6.77. The van der Waals surface area contributed by atoms with Gasteiger partial charge in [-0.25, -0.2) is 4.99 Å². The van der Waals surface area contributed by atoms with Gasteiger partial charge in [0.05, 0.1) is 20.8 Å². The van der Waals surface area contributed by atoms with Gasteiger partial charge < -0.3 is 24.6 Å². The third kappa shape index (κ3) is 7.07. The van der Waals surface area contributed by atoms with E-state index in [4.69, 9.17) is 14.0 Å². The Hall–Kier alpha value is -2.01. The molecule has 0 bridgehead atoms. The molecule has 8 nitrogen and oxygen atoms in total. The van der Waals surface area contributed by atoms with E-state index in [1.807, 2.05) is 12.1 Å². The van der Waals surface area contributed by atoms with Gasteiger partial charge in [-0.1, -0.05) is 5.16 Å². The highest BCUT2D eigenvalue weighted by Crippen LogP contribution is 2.24. The van der Waals surface area contributed by atoms with Crippen molar-refractivity contribution in [1.29, 1.82) is 0 Å². The van der Waals surface area contributed by atoms with Crippen LogP contribution in [0.15, 0.2) is 40.0 Å². The molecule has 9 heteroatoms. The standard InChI is InChI=1S/C20H29N5O3.HI/c1-4-21-20(22-12-16-6-8-28-24-16)23-17-5-7-25(14-17)13-15-9-18(26-2)11-19(10-15)27-3;/h6,8-11,17H,4-5,7,12-14H2,1-3H3,(H2,21,22,23);1H. The van der Waals surface area contributed by atoms with Gasteiger partial charge in [0.1, 0.15) is 23.5 Å². The molecule has 1 unspecified atom stereocenters. The van der Waals surface area contributed by atoms with E-state index in [0.29, 0.717) is 12.6 Å². The van der Waals surface area contributed by atoms with E-state index in [0.717, 1.165) is 55.8 Å². The highest BCUT2D eigenvalue weighted by Gasteiger charge is 2.23. The summed E-state index contributed by atoms with van der Waals surface area (Å²) in [5.41, 5.74) is 2.00. The first-order valence-corrected chi connectivity index (χ1v) is 9.58. The van der Waals surface area contributed by atoms with Crippen LogP contribution < -0.4 is 20.1 Å². The number of benzene rings is 1. The first kappa shape index (κ1) is 23.3. The zero-order chi connectivity index (χ0) is 19.8. The van der Waals surface area contributed by atoms with Crippen molar-refractivity contribution in [3.8, 4) is 11.5 Å². The number of nitrogens with one attached hydrogen (secondary N) is 2. The maximum Gasteiger partial charge on any atom is 0.191 e. The number of hydrogen-bond donors (Lipinski definition) is 2. The molecule has 1 aromatic heterocycles. The highest BCUT2D eigenvalue weighted by molar-refractivity contribution is 14.0. The van der Waals surface area contributed by atoms with Gasteiger partial charge in [-0.05, 0) is 31.0 Å². The van der Waals surface area contributed by atoms with Crippen LogP contribution in [0.25, 0.3) is 0 Å². The molecule has 0 radical (unpaired) electrons. The Bertz CT molecular complexity index is 747. The average Bonchev–Trinajstić information content (AvgIpc) is 3.38. The summed E-state index contributed by atoms with van der Waals surface area (Å²) >= 11 is 0. The fourth-order valence-electron chi connectivity index (χ4n) is 3.30. The number of ether oxygens (including phenoxy) is 2. The maximum absolute atomic E-state index is 5.37. The van der Waals surface area contributed by atoms with Crippen LogP contribution in [-0.4, -0.2) is 55.9 Å². The van der Waals surface area contributed by atoms with E-state index in [-0.39, 0.29) is 24.0 Å². The average molecular weight is 515 g/mol. The van der Waals surface area contributed by atoms with Crippen LogP contribution in [0.4, 0.5) is 0 Å². The Morgan fingerprint density at radius 1 is 1.28 bits per heavy atom. The van der Waals surface area contributed by atoms with E-state index in [9.17, 15) is 0 Å². The molecule has 3 rings (SSSR count). The summed E-state index contributed by atoms with van der Waals surface area (Å²) < 4.78 is 15.6. The molecule has 0 spiro atoms. The number of aromatic nitrogens is 1. The van der Waals surface area contributed by atoms with Gasteiger partial charge in [0.2, 0.25) is 0 Å². The zero-order valence-electron chi connectivity index (χ0n) is 17.2. The van der Waals surface area contributed by atoms with Crippen molar-refractivity contribution < 1.29 is 14.0 Å². The van der Waals surface area contributed by atoms with E-state index < -0.39 is 0 Å². The van der Waals surface area contributed by atoms with Crippen LogP contribution in [0.5, 0.6) is 11.5 Å². The van der Waals surface area contributed by atoms with Crippen molar-refractivity contribution in [1.82, 2.24) is 20.7 Å². The monoisotopic (exact) mass is 515 g/mol. The van der Waals surface area contributed by atoms with Crippen molar-refractivity contribution in [2.24, 2.45) is 4.99 Å². The molecule has 0 aliphatic carbocycles. The largest absolute Gasteiger partial charge is 0.497 e. The van der Waals surface area contributed by atoms with Gasteiger partial charge in [0.25, 0.3) is 0 Å². The summed E-state index contributed by atoms with van der Waals surface area (Å²) in [5.74, 6) is 2.44. The summed E-state index contributed by atoms with van der Waals surface area (Å²) in [5, 5.41) is 10.7. The summed E-state index contributed by atoms with van der Waals surface area (Å²) in [7, 11) is 3.35. The smallest absolute Gasteiger partial charge is 0.191 e. The van der Waals surface area contributed by atoms with Gasteiger partial charge in [-0.15, -0.1) is 24.0 Å². The summed E-state index contributed by atoms with van der Waals surface area (Å²) in [6, 6.07) is 8.19. The van der Waals surface area contributed by atoms with Crippen LogP contribution in [-0.2, 0) is 13.1 Å². The zero-order valence-corrected chi connectivity index (χ0v) is 19.5. The number of nitrogens with zero attached hydrogens (tertiary/aromatic N) is 3. The lowest BCUT2D eigenvalue weighted by Crippen LogP contribution is -2.44. The van der Waals surface area contributed by atoms with E-state index in [2.05, 4.69) is 44.7 Å². The second kappa shape index (κ2) is 11.9. The van der Waals surface area contributed by atoms with Gasteiger partial charge in [0, 0.05) is 44.4 Å². The molecule has 1 aromatic carbocycles. The van der Waals surface area contributed by atoms with Crippen molar-refractivity contribution in [3.63, 3.8) is 0 Å². The van der Waals surface area contributed by atoms with Crippen molar-refractivity contribution in [3.05, 3.63) is 41.8 Å². The van der Waals surface area contributed by atoms with E-state index in [1.165, 1.54) is 5.56 Å². The predicted molar refractivity (Wildman–Crippen MR) is 123 cm³/mol. The highest BCUT2D eigenvalue weighted by atomic mass is 127. The molecular weight excluding hydrogens is 485 g/mol. The number of likely N-dealkylation sites (tertiary alicyclic amines) is 1. The first-order valence-electron chi connectivity index (χ1n) is 9.58. The number of rotatable bonds is 8. The van der Waals surface area contributed by atoms with Crippen LogP contribution in [0.2, 0.25) is 0 Å². The minimum Gasteiger partial charge on any atom is -0.497 e. The maximum atomic E-state index is 5.37. The number of aliphatic imine (C=N–C) groups is 1. The van der Waals surface area contributed by atoms with Gasteiger partial charge in [0.15, 0.2) is 5.96 Å². The number of methoxy groups -OCH3 is 2. The van der Waals surface area contributed by atoms with Crippen molar-refractivity contribution in [2.45, 2.75) is 32.5 Å². The molecule has 2 heterocycles. The summed E-state index contributed by atoms with van der Waals surface area (Å²) in [4.78, 5) is 7.02. The second-order valence-corrected chi connectivity index (χ2v) is 6.77.